The number of hydrogen-bond donors (Lipinski definition) is 0. The number of benzene rings is 3. The molecule has 0 unspecified atom stereocenters. The van der Waals surface area contributed by atoms with Gasteiger partial charge in [0.2, 0.25) is 0 Å². The van der Waals surface area contributed by atoms with E-state index < -0.39 is 18.1 Å². The number of halogens is 3. The fourth-order valence-corrected chi connectivity index (χ4v) is 4.16. The van der Waals surface area contributed by atoms with E-state index in [1.165, 1.54) is 37.0 Å². The van der Waals surface area contributed by atoms with Crippen molar-refractivity contribution in [1.29, 1.82) is 0 Å². The molecule has 0 atom stereocenters. The first-order valence-corrected chi connectivity index (χ1v) is 11.5. The van der Waals surface area contributed by atoms with Gasteiger partial charge in [0.25, 0.3) is 5.91 Å². The summed E-state index contributed by atoms with van der Waals surface area (Å²) in [4.78, 5) is 25.0. The minimum absolute atomic E-state index is 0.271. The van der Waals surface area contributed by atoms with Crippen LogP contribution in [0.4, 0.5) is 13.2 Å². The summed E-state index contributed by atoms with van der Waals surface area (Å²) in [6.07, 6.45) is -4.59. The van der Waals surface area contributed by atoms with Crippen LogP contribution in [0.15, 0.2) is 66.7 Å². The summed E-state index contributed by atoms with van der Waals surface area (Å²) in [5.74, 6) is -0.274. The second kappa shape index (κ2) is 10.9. The van der Waals surface area contributed by atoms with Gasteiger partial charge < -0.3 is 18.9 Å². The molecule has 0 aliphatic rings. The van der Waals surface area contributed by atoms with Crippen molar-refractivity contribution in [2.45, 2.75) is 19.7 Å². The van der Waals surface area contributed by atoms with Crippen LogP contribution in [-0.4, -0.2) is 43.6 Å². The van der Waals surface area contributed by atoms with Gasteiger partial charge in [0.15, 0.2) is 6.61 Å². The molecule has 7 nitrogen and oxygen atoms in total. The summed E-state index contributed by atoms with van der Waals surface area (Å²) < 4.78 is 59.7. The summed E-state index contributed by atoms with van der Waals surface area (Å²) in [5.41, 5.74) is 2.77. The number of rotatable bonds is 8. The van der Waals surface area contributed by atoms with E-state index in [1.807, 2.05) is 6.07 Å². The number of carbonyl (C=O) groups excluding carboxylic acids is 2. The van der Waals surface area contributed by atoms with Crippen LogP contribution in [0.2, 0.25) is 0 Å². The molecule has 4 aromatic rings. The number of fused-ring (bicyclic) bond motifs is 1. The number of methoxy groups -OCH3 is 2. The normalized spacial score (nSPS) is 11.3. The highest BCUT2D eigenvalue weighted by Crippen LogP contribution is 2.34. The first-order valence-electron chi connectivity index (χ1n) is 11.5. The molecule has 3 aromatic carbocycles. The Hall–Kier alpha value is -4.47. The summed E-state index contributed by atoms with van der Waals surface area (Å²) in [6, 6.07) is 17.4. The van der Waals surface area contributed by atoms with Crippen molar-refractivity contribution in [2.24, 2.45) is 0 Å². The van der Waals surface area contributed by atoms with Crippen molar-refractivity contribution in [2.75, 3.05) is 20.8 Å². The number of hydrogen-bond acceptors (Lipinski definition) is 6. The number of aromatic nitrogens is 1. The van der Waals surface area contributed by atoms with Gasteiger partial charge in [-0.1, -0.05) is 12.1 Å². The highest BCUT2D eigenvalue weighted by Gasteiger charge is 2.31. The monoisotopic (exact) mass is 527 g/mol. The Labute approximate surface area is 216 Å². The zero-order valence-electron chi connectivity index (χ0n) is 20.8. The van der Waals surface area contributed by atoms with Crippen LogP contribution in [0.5, 0.6) is 17.2 Å². The van der Waals surface area contributed by atoms with E-state index in [9.17, 15) is 22.8 Å². The molecule has 0 aliphatic carbocycles. The minimum Gasteiger partial charge on any atom is -0.497 e. The molecule has 198 valence electrons. The van der Waals surface area contributed by atoms with E-state index in [-0.39, 0.29) is 18.9 Å². The number of alkyl halides is 3. The Balaban J connectivity index is 1.78. The molecule has 0 fully saturated rings. The molecule has 0 amide bonds. The Morgan fingerprint density at radius 3 is 2.26 bits per heavy atom. The lowest BCUT2D eigenvalue weighted by atomic mass is 10.0. The molecular weight excluding hydrogens is 503 g/mol. The molecule has 1 heterocycles. The number of nitrogens with zero attached hydrogens (tertiary/aromatic N) is 1. The van der Waals surface area contributed by atoms with Crippen molar-refractivity contribution in [3.05, 3.63) is 89.1 Å². The zero-order valence-corrected chi connectivity index (χ0v) is 20.8. The summed E-state index contributed by atoms with van der Waals surface area (Å²) in [5, 5.41) is 0.437. The molecule has 1 aromatic heterocycles. The predicted molar refractivity (Wildman–Crippen MR) is 133 cm³/mol. The maximum absolute atomic E-state index is 13.5. The van der Waals surface area contributed by atoms with Crippen molar-refractivity contribution in [3.8, 4) is 17.2 Å². The fourth-order valence-electron chi connectivity index (χ4n) is 4.16. The van der Waals surface area contributed by atoms with Gasteiger partial charge in [0, 0.05) is 16.6 Å². The quantitative estimate of drug-likeness (QED) is 0.274. The van der Waals surface area contributed by atoms with Crippen molar-refractivity contribution in [3.63, 3.8) is 0 Å². The molecule has 0 radical (unpaired) electrons. The maximum Gasteiger partial charge on any atom is 0.573 e. The van der Waals surface area contributed by atoms with Gasteiger partial charge in [-0.05, 0) is 79.1 Å². The van der Waals surface area contributed by atoms with Gasteiger partial charge >= 0.3 is 12.3 Å². The topological polar surface area (TPSA) is 76.0 Å². The molecule has 0 aliphatic heterocycles. The molecule has 4 rings (SSSR count). The van der Waals surface area contributed by atoms with Crippen LogP contribution >= 0.6 is 0 Å². The van der Waals surface area contributed by atoms with Gasteiger partial charge in [-0.3, -0.25) is 9.36 Å². The van der Waals surface area contributed by atoms with E-state index in [4.69, 9.17) is 9.47 Å². The van der Waals surface area contributed by atoms with Gasteiger partial charge in [-0.25, -0.2) is 4.79 Å². The van der Waals surface area contributed by atoms with E-state index in [2.05, 4.69) is 9.47 Å². The molecule has 10 heteroatoms. The number of ether oxygens (including phenoxy) is 4. The van der Waals surface area contributed by atoms with E-state index in [1.54, 1.807) is 49.4 Å². The molecule has 0 bridgehead atoms. The summed E-state index contributed by atoms with van der Waals surface area (Å²) in [7, 11) is 2.77. The molecule has 38 heavy (non-hydrogen) atoms. The molecular formula is C28H24F3NO6. The first-order chi connectivity index (χ1) is 18.1. The second-order valence-electron chi connectivity index (χ2n) is 8.35. The van der Waals surface area contributed by atoms with E-state index in [0.29, 0.717) is 39.2 Å². The Morgan fingerprint density at radius 2 is 1.61 bits per heavy atom. The molecule has 0 saturated carbocycles. The summed E-state index contributed by atoms with van der Waals surface area (Å²) >= 11 is 0. The third kappa shape index (κ3) is 5.91. The molecule has 0 N–H and O–H groups in total. The zero-order chi connectivity index (χ0) is 27.4. The van der Waals surface area contributed by atoms with Gasteiger partial charge in [0.05, 0.1) is 19.7 Å². The van der Waals surface area contributed by atoms with Gasteiger partial charge in [-0.15, -0.1) is 13.2 Å². The molecule has 0 spiro atoms. The van der Waals surface area contributed by atoms with Crippen LogP contribution in [0.3, 0.4) is 0 Å². The highest BCUT2D eigenvalue weighted by atomic mass is 19.4. The van der Waals surface area contributed by atoms with Crippen LogP contribution in [0, 0.1) is 6.92 Å². The van der Waals surface area contributed by atoms with Crippen molar-refractivity contribution < 1.29 is 41.7 Å². The van der Waals surface area contributed by atoms with Crippen LogP contribution in [-0.2, 0) is 16.0 Å². The van der Waals surface area contributed by atoms with Crippen LogP contribution < -0.4 is 14.2 Å². The first kappa shape index (κ1) is 26.6. The smallest absolute Gasteiger partial charge is 0.497 e. The Kier molecular flexibility index (Phi) is 7.61. The van der Waals surface area contributed by atoms with Gasteiger partial charge in [-0.2, -0.15) is 0 Å². The second-order valence-corrected chi connectivity index (χ2v) is 8.35. The lowest BCUT2D eigenvalue weighted by Crippen LogP contribution is -2.17. The largest absolute Gasteiger partial charge is 0.573 e. The maximum atomic E-state index is 13.5. The minimum atomic E-state index is -4.87. The van der Waals surface area contributed by atoms with Crippen molar-refractivity contribution in [1.82, 2.24) is 4.57 Å². The lowest BCUT2D eigenvalue weighted by molar-refractivity contribution is -0.274. The fraction of sp³-hybridized carbons (Fsp3) is 0.214. The third-order valence-electron chi connectivity index (χ3n) is 5.94. The number of esters is 1. The molecule has 0 saturated heterocycles. The van der Waals surface area contributed by atoms with E-state index >= 15 is 0 Å². The Bertz CT molecular complexity index is 1470. The average molecular weight is 527 g/mol. The SMILES string of the molecule is COC(=O)COc1cccc(Cc2c(C)n(C(=O)c3ccc(OC)cc3)c3ccc(OC(F)(F)F)cc23)c1. The summed E-state index contributed by atoms with van der Waals surface area (Å²) in [6.45, 7) is 1.46. The number of carbonyl (C=O) groups is 2. The van der Waals surface area contributed by atoms with Crippen molar-refractivity contribution >= 4 is 22.8 Å². The standard InChI is InChI=1S/C28H24F3NO6/c1-17-23(14-18-5-4-6-21(13-18)37-16-26(33)36-3)24-15-22(38-28(29,30)31)11-12-25(24)32(17)27(34)19-7-9-20(35-2)10-8-19/h4-13,15H,14,16H2,1-3H3. The lowest BCUT2D eigenvalue weighted by Gasteiger charge is -2.10. The van der Waals surface area contributed by atoms with Gasteiger partial charge in [0.1, 0.15) is 17.2 Å². The van der Waals surface area contributed by atoms with Crippen LogP contribution in [0.25, 0.3) is 10.9 Å². The van der Waals surface area contributed by atoms with Crippen LogP contribution in [0.1, 0.15) is 27.2 Å². The third-order valence-corrected chi connectivity index (χ3v) is 5.94. The highest BCUT2D eigenvalue weighted by molar-refractivity contribution is 6.04. The Morgan fingerprint density at radius 1 is 0.895 bits per heavy atom. The predicted octanol–water partition coefficient (Wildman–Crippen LogP) is 5.69. The van der Waals surface area contributed by atoms with E-state index in [0.717, 1.165) is 5.56 Å². The average Bonchev–Trinajstić information content (AvgIpc) is 3.16.